The van der Waals surface area contributed by atoms with Crippen LogP contribution in [0.1, 0.15) is 18.1 Å². The lowest BCUT2D eigenvalue weighted by Gasteiger charge is -2.10. The molecule has 0 aliphatic rings. The molecule has 0 amide bonds. The van der Waals surface area contributed by atoms with Crippen molar-refractivity contribution in [3.63, 3.8) is 0 Å². The highest BCUT2D eigenvalue weighted by Gasteiger charge is 2.09. The Morgan fingerprint density at radius 2 is 1.95 bits per heavy atom. The van der Waals surface area contributed by atoms with Gasteiger partial charge < -0.3 is 15.2 Å². The molecule has 2 aromatic carbocycles. The molecule has 0 spiro atoms. The largest absolute Gasteiger partial charge is 0.489 e. The van der Waals surface area contributed by atoms with E-state index in [1.807, 2.05) is 24.3 Å². The van der Waals surface area contributed by atoms with Gasteiger partial charge in [-0.05, 0) is 42.3 Å². The summed E-state index contributed by atoms with van der Waals surface area (Å²) < 4.78 is 18.6. The number of rotatable bonds is 7. The SMILES string of the molecule is C[C@H](NCc1ccc(OCc2cccc(F)c2)cc1)C(=O)O. The predicted octanol–water partition coefficient (Wildman–Crippen LogP) is 2.97. The number of ether oxygens (including phenoxy) is 1. The van der Waals surface area contributed by atoms with Crippen LogP contribution in [0, 0.1) is 5.82 Å². The molecular weight excluding hydrogens is 285 g/mol. The fourth-order valence-electron chi connectivity index (χ4n) is 1.86. The second-order valence-electron chi connectivity index (χ2n) is 5.00. The third-order valence-corrected chi connectivity index (χ3v) is 3.20. The maximum atomic E-state index is 13.0. The van der Waals surface area contributed by atoms with Gasteiger partial charge in [0.05, 0.1) is 0 Å². The Morgan fingerprint density at radius 1 is 1.23 bits per heavy atom. The second-order valence-corrected chi connectivity index (χ2v) is 5.00. The Hall–Kier alpha value is -2.40. The van der Waals surface area contributed by atoms with Crippen molar-refractivity contribution in [1.29, 1.82) is 0 Å². The van der Waals surface area contributed by atoms with Crippen molar-refractivity contribution in [2.45, 2.75) is 26.1 Å². The summed E-state index contributed by atoms with van der Waals surface area (Å²) in [5, 5.41) is 11.7. The first-order valence-corrected chi connectivity index (χ1v) is 6.97. The summed E-state index contributed by atoms with van der Waals surface area (Å²) in [5.74, 6) is -0.482. The quantitative estimate of drug-likeness (QED) is 0.825. The number of carboxylic acids is 1. The maximum absolute atomic E-state index is 13.0. The molecule has 2 aromatic rings. The third-order valence-electron chi connectivity index (χ3n) is 3.20. The van der Waals surface area contributed by atoms with E-state index in [4.69, 9.17) is 9.84 Å². The van der Waals surface area contributed by atoms with Crippen LogP contribution >= 0.6 is 0 Å². The van der Waals surface area contributed by atoms with Crippen molar-refractivity contribution in [3.05, 3.63) is 65.5 Å². The lowest BCUT2D eigenvalue weighted by atomic mass is 10.2. The van der Waals surface area contributed by atoms with Gasteiger partial charge in [0.25, 0.3) is 0 Å². The normalized spacial score (nSPS) is 11.9. The molecule has 4 nitrogen and oxygen atoms in total. The Kier molecular flexibility index (Phi) is 5.49. The monoisotopic (exact) mass is 303 g/mol. The molecule has 22 heavy (non-hydrogen) atoms. The highest BCUT2D eigenvalue weighted by atomic mass is 19.1. The van der Waals surface area contributed by atoms with Crippen LogP contribution in [-0.2, 0) is 17.9 Å². The van der Waals surface area contributed by atoms with Gasteiger partial charge in [0.15, 0.2) is 0 Å². The Balaban J connectivity index is 1.85. The molecule has 0 saturated carbocycles. The van der Waals surface area contributed by atoms with Crippen LogP contribution in [0.15, 0.2) is 48.5 Å². The van der Waals surface area contributed by atoms with E-state index in [-0.39, 0.29) is 5.82 Å². The van der Waals surface area contributed by atoms with Crippen LogP contribution < -0.4 is 10.1 Å². The van der Waals surface area contributed by atoms with Gasteiger partial charge in [0.2, 0.25) is 0 Å². The van der Waals surface area contributed by atoms with Crippen molar-refractivity contribution >= 4 is 5.97 Å². The van der Waals surface area contributed by atoms with Gasteiger partial charge in [-0.3, -0.25) is 4.79 Å². The minimum absolute atomic E-state index is 0.282. The van der Waals surface area contributed by atoms with Gasteiger partial charge in [0, 0.05) is 6.54 Å². The van der Waals surface area contributed by atoms with Gasteiger partial charge in [-0.25, -0.2) is 4.39 Å². The number of hydrogen-bond donors (Lipinski definition) is 2. The molecule has 1 atom stereocenters. The van der Waals surface area contributed by atoms with Gasteiger partial charge in [-0.1, -0.05) is 24.3 Å². The molecule has 0 aliphatic heterocycles. The molecule has 0 radical (unpaired) electrons. The zero-order valence-corrected chi connectivity index (χ0v) is 12.3. The molecule has 0 unspecified atom stereocenters. The van der Waals surface area contributed by atoms with Crippen LogP contribution in [0.2, 0.25) is 0 Å². The fourth-order valence-corrected chi connectivity index (χ4v) is 1.86. The van der Waals surface area contributed by atoms with Crippen LogP contribution in [0.25, 0.3) is 0 Å². The van der Waals surface area contributed by atoms with Crippen molar-refractivity contribution < 1.29 is 19.0 Å². The van der Waals surface area contributed by atoms with Gasteiger partial charge in [-0.15, -0.1) is 0 Å². The van der Waals surface area contributed by atoms with Gasteiger partial charge in [-0.2, -0.15) is 0 Å². The van der Waals surface area contributed by atoms with Gasteiger partial charge >= 0.3 is 5.97 Å². The zero-order chi connectivity index (χ0) is 15.9. The van der Waals surface area contributed by atoms with E-state index in [9.17, 15) is 9.18 Å². The number of hydrogen-bond acceptors (Lipinski definition) is 3. The standard InChI is InChI=1S/C17H18FNO3/c1-12(17(20)21)19-10-13-5-7-16(8-6-13)22-11-14-3-2-4-15(18)9-14/h2-9,12,19H,10-11H2,1H3,(H,20,21)/t12-/m0/s1. The number of carbonyl (C=O) groups is 1. The predicted molar refractivity (Wildman–Crippen MR) is 81.1 cm³/mol. The van der Waals surface area contributed by atoms with E-state index < -0.39 is 12.0 Å². The Morgan fingerprint density at radius 3 is 2.59 bits per heavy atom. The number of aliphatic carboxylic acids is 1. The summed E-state index contributed by atoms with van der Waals surface area (Å²) in [6, 6.07) is 13.0. The minimum atomic E-state index is -0.880. The molecule has 5 heteroatoms. The van der Waals surface area contributed by atoms with Crippen LogP contribution in [0.5, 0.6) is 5.75 Å². The Labute approximate surface area is 128 Å². The summed E-state index contributed by atoms with van der Waals surface area (Å²) in [6.45, 7) is 2.36. The van der Waals surface area contributed by atoms with Crippen molar-refractivity contribution in [3.8, 4) is 5.75 Å². The molecule has 2 N–H and O–H groups in total. The number of carboxylic acid groups (broad SMARTS) is 1. The van der Waals surface area contributed by atoms with Crippen LogP contribution in [-0.4, -0.2) is 17.1 Å². The molecule has 0 heterocycles. The summed E-state index contributed by atoms with van der Waals surface area (Å²) in [4.78, 5) is 10.7. The number of halogens is 1. The maximum Gasteiger partial charge on any atom is 0.320 e. The zero-order valence-electron chi connectivity index (χ0n) is 12.3. The van der Waals surface area contributed by atoms with Crippen LogP contribution in [0.3, 0.4) is 0 Å². The average Bonchev–Trinajstić information content (AvgIpc) is 2.51. The highest BCUT2D eigenvalue weighted by Crippen LogP contribution is 2.14. The third kappa shape index (κ3) is 4.86. The van der Waals surface area contributed by atoms with E-state index in [1.54, 1.807) is 19.1 Å². The van der Waals surface area contributed by atoms with Crippen LogP contribution in [0.4, 0.5) is 4.39 Å². The second kappa shape index (κ2) is 7.56. The van der Waals surface area contributed by atoms with Gasteiger partial charge in [0.1, 0.15) is 24.2 Å². The first-order valence-electron chi connectivity index (χ1n) is 6.97. The van der Waals surface area contributed by atoms with E-state index in [2.05, 4.69) is 5.32 Å². The molecule has 0 aliphatic carbocycles. The molecule has 0 bridgehead atoms. The topological polar surface area (TPSA) is 58.6 Å². The molecule has 0 aromatic heterocycles. The van der Waals surface area contributed by atoms with Crippen molar-refractivity contribution in [2.24, 2.45) is 0 Å². The smallest absolute Gasteiger partial charge is 0.320 e. The Bertz CT molecular complexity index is 628. The summed E-state index contributed by atoms with van der Waals surface area (Å²) >= 11 is 0. The lowest BCUT2D eigenvalue weighted by Crippen LogP contribution is -2.33. The summed E-state index contributed by atoms with van der Waals surface area (Å²) in [5.41, 5.74) is 1.73. The average molecular weight is 303 g/mol. The first-order chi connectivity index (χ1) is 10.5. The van der Waals surface area contributed by atoms with Crippen molar-refractivity contribution in [2.75, 3.05) is 0 Å². The fraction of sp³-hybridized carbons (Fsp3) is 0.235. The molecule has 2 rings (SSSR count). The highest BCUT2D eigenvalue weighted by molar-refractivity contribution is 5.72. The number of nitrogens with one attached hydrogen (secondary N) is 1. The summed E-state index contributed by atoms with van der Waals surface area (Å²) in [7, 11) is 0. The van der Waals surface area contributed by atoms with Crippen molar-refractivity contribution in [1.82, 2.24) is 5.32 Å². The van der Waals surface area contributed by atoms with E-state index in [1.165, 1.54) is 12.1 Å². The molecule has 116 valence electrons. The molecule has 0 fully saturated rings. The molecule has 0 saturated heterocycles. The van der Waals surface area contributed by atoms with E-state index in [0.717, 1.165) is 11.1 Å². The van der Waals surface area contributed by atoms with E-state index in [0.29, 0.717) is 18.9 Å². The number of benzene rings is 2. The van der Waals surface area contributed by atoms with E-state index >= 15 is 0 Å². The first kappa shape index (κ1) is 16.0. The lowest BCUT2D eigenvalue weighted by molar-refractivity contribution is -0.139. The molecular formula is C17H18FNO3. The summed E-state index contributed by atoms with van der Waals surface area (Å²) in [6.07, 6.45) is 0. The minimum Gasteiger partial charge on any atom is -0.489 e.